The molecule has 2 rings (SSSR count). The molecule has 0 aromatic heterocycles. The van der Waals surface area contributed by atoms with Crippen LogP contribution in [-0.4, -0.2) is 46.5 Å². The molecule has 19 heavy (non-hydrogen) atoms. The standard InChI is InChI=1S/C13H15Br2NO3/c1-8-6-16(7-10(5-14)19-8)13(18)11-4-9(15)2-3-12(11)17/h2-4,8,10,17H,5-7H2,1H3. The van der Waals surface area contributed by atoms with Crippen LogP contribution in [0.25, 0.3) is 0 Å². The SMILES string of the molecule is CC1CN(C(=O)c2cc(Br)ccc2O)CC(CBr)O1. The lowest BCUT2D eigenvalue weighted by Gasteiger charge is -2.36. The molecule has 104 valence electrons. The van der Waals surface area contributed by atoms with E-state index in [-0.39, 0.29) is 23.9 Å². The fourth-order valence-corrected chi connectivity index (χ4v) is 2.86. The molecule has 1 aromatic rings. The Labute approximate surface area is 129 Å². The zero-order valence-corrected chi connectivity index (χ0v) is 13.6. The number of benzene rings is 1. The van der Waals surface area contributed by atoms with Crippen LogP contribution in [0.1, 0.15) is 17.3 Å². The summed E-state index contributed by atoms with van der Waals surface area (Å²) in [4.78, 5) is 14.2. The molecule has 1 amide bonds. The molecule has 1 fully saturated rings. The van der Waals surface area contributed by atoms with Crippen LogP contribution in [0.3, 0.4) is 0 Å². The first-order chi connectivity index (χ1) is 9.01. The van der Waals surface area contributed by atoms with Crippen LogP contribution in [0.4, 0.5) is 0 Å². The molecular weight excluding hydrogens is 378 g/mol. The molecule has 2 atom stereocenters. The third-order valence-electron chi connectivity index (χ3n) is 2.97. The van der Waals surface area contributed by atoms with Gasteiger partial charge in [0.1, 0.15) is 5.75 Å². The number of aromatic hydroxyl groups is 1. The van der Waals surface area contributed by atoms with Gasteiger partial charge >= 0.3 is 0 Å². The molecule has 0 bridgehead atoms. The van der Waals surface area contributed by atoms with E-state index in [0.717, 1.165) is 4.47 Å². The number of hydrogen-bond acceptors (Lipinski definition) is 3. The van der Waals surface area contributed by atoms with Gasteiger partial charge in [-0.25, -0.2) is 0 Å². The van der Waals surface area contributed by atoms with Crippen molar-refractivity contribution in [2.75, 3.05) is 18.4 Å². The number of amides is 1. The van der Waals surface area contributed by atoms with Gasteiger partial charge < -0.3 is 14.7 Å². The number of carbonyl (C=O) groups excluding carboxylic acids is 1. The summed E-state index contributed by atoms with van der Waals surface area (Å²) in [5.41, 5.74) is 0.316. The second-order valence-corrected chi connectivity index (χ2v) is 6.16. The van der Waals surface area contributed by atoms with E-state index in [2.05, 4.69) is 31.9 Å². The minimum Gasteiger partial charge on any atom is -0.507 e. The van der Waals surface area contributed by atoms with Gasteiger partial charge in [-0.3, -0.25) is 4.79 Å². The molecule has 6 heteroatoms. The van der Waals surface area contributed by atoms with Crippen molar-refractivity contribution in [3.63, 3.8) is 0 Å². The average Bonchev–Trinajstić information content (AvgIpc) is 2.40. The normalized spacial score (nSPS) is 23.4. The predicted octanol–water partition coefficient (Wildman–Crippen LogP) is 2.78. The fourth-order valence-electron chi connectivity index (χ4n) is 2.15. The van der Waals surface area contributed by atoms with Gasteiger partial charge in [0.15, 0.2) is 0 Å². The van der Waals surface area contributed by atoms with Gasteiger partial charge in [-0.2, -0.15) is 0 Å². The lowest BCUT2D eigenvalue weighted by Crippen LogP contribution is -2.49. The Morgan fingerprint density at radius 1 is 1.53 bits per heavy atom. The van der Waals surface area contributed by atoms with E-state index >= 15 is 0 Å². The molecule has 0 saturated carbocycles. The van der Waals surface area contributed by atoms with Crippen LogP contribution < -0.4 is 0 Å². The Hall–Kier alpha value is -0.590. The second-order valence-electron chi connectivity index (χ2n) is 4.59. The maximum atomic E-state index is 12.5. The third kappa shape index (κ3) is 3.49. The maximum Gasteiger partial charge on any atom is 0.257 e. The van der Waals surface area contributed by atoms with Gasteiger partial charge in [0.05, 0.1) is 17.8 Å². The van der Waals surface area contributed by atoms with Crippen LogP contribution >= 0.6 is 31.9 Å². The van der Waals surface area contributed by atoms with E-state index in [1.165, 1.54) is 6.07 Å². The zero-order valence-electron chi connectivity index (χ0n) is 10.5. The molecular formula is C13H15Br2NO3. The Balaban J connectivity index is 2.21. The number of alkyl halides is 1. The molecule has 0 aliphatic carbocycles. The topological polar surface area (TPSA) is 49.8 Å². The quantitative estimate of drug-likeness (QED) is 0.787. The highest BCUT2D eigenvalue weighted by atomic mass is 79.9. The van der Waals surface area contributed by atoms with Crippen molar-refractivity contribution in [2.24, 2.45) is 0 Å². The number of morpholine rings is 1. The van der Waals surface area contributed by atoms with Gasteiger partial charge in [-0.05, 0) is 25.1 Å². The summed E-state index contributed by atoms with van der Waals surface area (Å²) in [5, 5.41) is 10.5. The van der Waals surface area contributed by atoms with E-state index in [1.54, 1.807) is 17.0 Å². The maximum absolute atomic E-state index is 12.5. The van der Waals surface area contributed by atoms with E-state index in [9.17, 15) is 9.90 Å². The summed E-state index contributed by atoms with van der Waals surface area (Å²) in [6.45, 7) is 3.00. The summed E-state index contributed by atoms with van der Waals surface area (Å²) in [5.74, 6) is -0.164. The average molecular weight is 393 g/mol. The first kappa shape index (κ1) is 14.8. The molecule has 2 unspecified atom stereocenters. The summed E-state index contributed by atoms with van der Waals surface area (Å²) in [6, 6.07) is 4.86. The molecule has 1 aliphatic rings. The van der Waals surface area contributed by atoms with Crippen molar-refractivity contribution < 1.29 is 14.6 Å². The largest absolute Gasteiger partial charge is 0.507 e. The van der Waals surface area contributed by atoms with Crippen molar-refractivity contribution in [2.45, 2.75) is 19.1 Å². The molecule has 1 N–H and O–H groups in total. The minimum atomic E-state index is -0.167. The minimum absolute atomic E-state index is 0.00253. The lowest BCUT2D eigenvalue weighted by molar-refractivity contribution is -0.0560. The van der Waals surface area contributed by atoms with Crippen molar-refractivity contribution in [3.8, 4) is 5.75 Å². The van der Waals surface area contributed by atoms with Gasteiger partial charge in [0, 0.05) is 22.9 Å². The van der Waals surface area contributed by atoms with E-state index in [1.807, 2.05) is 6.92 Å². The van der Waals surface area contributed by atoms with Gasteiger partial charge in [0.2, 0.25) is 0 Å². The summed E-state index contributed by atoms with van der Waals surface area (Å²) in [6.07, 6.45) is -0.0171. The first-order valence-electron chi connectivity index (χ1n) is 6.00. The van der Waals surface area contributed by atoms with E-state index < -0.39 is 0 Å². The predicted molar refractivity (Wildman–Crippen MR) is 79.8 cm³/mol. The smallest absolute Gasteiger partial charge is 0.257 e. The lowest BCUT2D eigenvalue weighted by atomic mass is 10.1. The first-order valence-corrected chi connectivity index (χ1v) is 7.92. The van der Waals surface area contributed by atoms with Crippen molar-refractivity contribution in [1.29, 1.82) is 0 Å². The Bertz CT molecular complexity index is 481. The Morgan fingerprint density at radius 2 is 2.26 bits per heavy atom. The van der Waals surface area contributed by atoms with Gasteiger partial charge in [-0.1, -0.05) is 31.9 Å². The zero-order chi connectivity index (χ0) is 14.0. The van der Waals surface area contributed by atoms with Crippen LogP contribution in [0.5, 0.6) is 5.75 Å². The third-order valence-corrected chi connectivity index (χ3v) is 4.19. The number of rotatable bonds is 2. The van der Waals surface area contributed by atoms with Crippen molar-refractivity contribution in [3.05, 3.63) is 28.2 Å². The molecule has 0 spiro atoms. The number of carbonyl (C=O) groups is 1. The highest BCUT2D eigenvalue weighted by molar-refractivity contribution is 9.10. The number of phenolic OH excluding ortho intramolecular Hbond substituents is 1. The second kappa shape index (κ2) is 6.24. The molecule has 4 nitrogen and oxygen atoms in total. The van der Waals surface area contributed by atoms with E-state index in [4.69, 9.17) is 4.74 Å². The fraction of sp³-hybridized carbons (Fsp3) is 0.462. The number of nitrogens with zero attached hydrogens (tertiary/aromatic N) is 1. The monoisotopic (exact) mass is 391 g/mol. The molecule has 1 saturated heterocycles. The Kier molecular flexibility index (Phi) is 4.86. The van der Waals surface area contributed by atoms with Crippen LogP contribution in [0.15, 0.2) is 22.7 Å². The van der Waals surface area contributed by atoms with Crippen LogP contribution in [-0.2, 0) is 4.74 Å². The molecule has 1 aliphatic heterocycles. The molecule has 0 radical (unpaired) electrons. The highest BCUT2D eigenvalue weighted by Crippen LogP contribution is 2.25. The number of hydrogen-bond donors (Lipinski definition) is 1. The Morgan fingerprint density at radius 3 is 2.95 bits per heavy atom. The highest BCUT2D eigenvalue weighted by Gasteiger charge is 2.29. The van der Waals surface area contributed by atoms with Crippen LogP contribution in [0.2, 0.25) is 0 Å². The number of ether oxygens (including phenoxy) is 1. The van der Waals surface area contributed by atoms with Gasteiger partial charge in [0.25, 0.3) is 5.91 Å². The summed E-state index contributed by atoms with van der Waals surface area (Å²) >= 11 is 6.69. The number of phenols is 1. The molecule has 1 aromatic carbocycles. The summed E-state index contributed by atoms with van der Waals surface area (Å²) < 4.78 is 6.46. The van der Waals surface area contributed by atoms with E-state index in [0.29, 0.717) is 24.0 Å². The molecule has 1 heterocycles. The van der Waals surface area contributed by atoms with Crippen molar-refractivity contribution >= 4 is 37.8 Å². The van der Waals surface area contributed by atoms with Crippen molar-refractivity contribution in [1.82, 2.24) is 4.90 Å². The van der Waals surface area contributed by atoms with Gasteiger partial charge in [-0.15, -0.1) is 0 Å². The summed E-state index contributed by atoms with van der Waals surface area (Å²) in [7, 11) is 0. The van der Waals surface area contributed by atoms with Crippen LogP contribution in [0, 0.1) is 0 Å². The number of halogens is 2.